The van der Waals surface area contributed by atoms with Crippen molar-refractivity contribution in [2.24, 2.45) is 0 Å². The van der Waals surface area contributed by atoms with Gasteiger partial charge in [0, 0.05) is 27.0 Å². The highest BCUT2D eigenvalue weighted by molar-refractivity contribution is 6.32. The van der Waals surface area contributed by atoms with Crippen LogP contribution in [0.15, 0.2) is 42.5 Å². The molecule has 0 atom stereocenters. The summed E-state index contributed by atoms with van der Waals surface area (Å²) in [6.45, 7) is 0. The lowest BCUT2D eigenvalue weighted by molar-refractivity contribution is 0.102. The van der Waals surface area contributed by atoms with E-state index in [0.29, 0.717) is 27.0 Å². The summed E-state index contributed by atoms with van der Waals surface area (Å²) in [5.74, 6) is -0.155. The molecule has 0 fully saturated rings. The van der Waals surface area contributed by atoms with Gasteiger partial charge in [-0.25, -0.2) is 0 Å². The average molecular weight is 407 g/mol. The van der Waals surface area contributed by atoms with Crippen molar-refractivity contribution in [2.75, 3.05) is 23.2 Å². The van der Waals surface area contributed by atoms with Crippen LogP contribution < -0.4 is 11.5 Å². The fraction of sp³-hybridized carbons (Fsp3) is 0.125. The van der Waals surface area contributed by atoms with Gasteiger partial charge in [0.1, 0.15) is 5.88 Å². The maximum Gasteiger partial charge on any atom is 0.179 e. The van der Waals surface area contributed by atoms with Crippen LogP contribution >= 0.6 is 46.4 Å². The van der Waals surface area contributed by atoms with Gasteiger partial charge in [-0.2, -0.15) is 5.26 Å². The van der Waals surface area contributed by atoms with Crippen LogP contribution in [0, 0.1) is 11.3 Å². The third-order valence-corrected chi connectivity index (χ3v) is 3.18. The van der Waals surface area contributed by atoms with E-state index in [4.69, 9.17) is 63.1 Å². The number of alkyl halides is 2. The molecule has 128 valence electrons. The second kappa shape index (κ2) is 12.7. The van der Waals surface area contributed by atoms with Gasteiger partial charge >= 0.3 is 0 Å². The summed E-state index contributed by atoms with van der Waals surface area (Å²) in [5, 5.41) is 8.69. The number of halogens is 4. The van der Waals surface area contributed by atoms with E-state index in [0.717, 1.165) is 0 Å². The van der Waals surface area contributed by atoms with Crippen molar-refractivity contribution < 1.29 is 4.79 Å². The number of carbonyl (C=O) groups excluding carboxylic acids is 1. The number of rotatable bonds is 2. The number of hydrogen-bond donors (Lipinski definition) is 2. The van der Waals surface area contributed by atoms with E-state index >= 15 is 0 Å². The molecule has 24 heavy (non-hydrogen) atoms. The predicted molar refractivity (Wildman–Crippen MR) is 103 cm³/mol. The Morgan fingerprint density at radius 2 is 1.62 bits per heavy atom. The molecule has 0 bridgehead atoms. The molecule has 0 aliphatic heterocycles. The zero-order valence-electron chi connectivity index (χ0n) is 12.5. The zero-order valence-corrected chi connectivity index (χ0v) is 15.5. The van der Waals surface area contributed by atoms with Gasteiger partial charge in [-0.1, -0.05) is 29.3 Å². The van der Waals surface area contributed by atoms with Crippen molar-refractivity contribution in [1.29, 1.82) is 5.26 Å². The van der Waals surface area contributed by atoms with Gasteiger partial charge in [0.25, 0.3) is 0 Å². The molecule has 4 nitrogen and oxygen atoms in total. The molecule has 2 aromatic rings. The number of benzene rings is 2. The number of nitrogens with two attached hydrogens (primary N) is 2. The maximum absolute atomic E-state index is 11.1. The van der Waals surface area contributed by atoms with E-state index in [1.54, 1.807) is 36.4 Å². The Morgan fingerprint density at radius 3 is 2.00 bits per heavy atom. The molecule has 0 radical (unpaired) electrons. The molecule has 2 rings (SSSR count). The molecule has 0 aliphatic carbocycles. The Kier molecular flexibility index (Phi) is 11.9. The summed E-state index contributed by atoms with van der Waals surface area (Å²) in [7, 11) is 0. The van der Waals surface area contributed by atoms with Crippen LogP contribution in [-0.2, 0) is 0 Å². The molecule has 0 saturated heterocycles. The lowest BCUT2D eigenvalue weighted by Crippen LogP contribution is -2.04. The topological polar surface area (TPSA) is 92.9 Å². The highest BCUT2D eigenvalue weighted by Crippen LogP contribution is 2.18. The molecular formula is C16H15Cl4N3O. The van der Waals surface area contributed by atoms with Gasteiger partial charge in [0.05, 0.1) is 11.9 Å². The third kappa shape index (κ3) is 9.49. The molecule has 0 spiro atoms. The zero-order chi connectivity index (χ0) is 18.5. The van der Waals surface area contributed by atoms with E-state index in [-0.39, 0.29) is 17.5 Å². The molecule has 0 amide bonds. The molecule has 8 heteroatoms. The van der Waals surface area contributed by atoms with E-state index in [9.17, 15) is 4.79 Å². The maximum atomic E-state index is 11.1. The van der Waals surface area contributed by atoms with Crippen molar-refractivity contribution in [2.45, 2.75) is 0 Å². The predicted octanol–water partition coefficient (Wildman–Crippen LogP) is 5.01. The average Bonchev–Trinajstić information content (AvgIpc) is 2.55. The highest BCUT2D eigenvalue weighted by Gasteiger charge is 2.07. The Labute approximate surface area is 160 Å². The first-order chi connectivity index (χ1) is 11.3. The first kappa shape index (κ1) is 22.4. The number of anilines is 2. The van der Waals surface area contributed by atoms with E-state index < -0.39 is 0 Å². The summed E-state index contributed by atoms with van der Waals surface area (Å²) < 4.78 is 0. The minimum absolute atomic E-state index is 0.0637. The number of nitriles is 1. The lowest BCUT2D eigenvalue weighted by atomic mass is 10.1. The molecule has 2 aromatic carbocycles. The number of nitrogen functional groups attached to an aromatic ring is 2. The van der Waals surface area contributed by atoms with Gasteiger partial charge < -0.3 is 11.5 Å². The second-order valence-corrected chi connectivity index (χ2v) is 5.54. The Morgan fingerprint density at radius 1 is 1.04 bits per heavy atom. The molecular weight excluding hydrogens is 392 g/mol. The Balaban J connectivity index is 0.000000379. The van der Waals surface area contributed by atoms with Crippen LogP contribution in [0.1, 0.15) is 10.4 Å². The first-order valence-corrected chi connectivity index (χ1v) is 8.26. The fourth-order valence-electron chi connectivity index (χ4n) is 1.37. The SMILES string of the molecule is N#CCCl.Nc1cc(Cl)ccc1C(=O)CCl.Nc1cccc(Cl)c1. The van der Waals surface area contributed by atoms with Crippen LogP contribution in [0.4, 0.5) is 11.4 Å². The van der Waals surface area contributed by atoms with Crippen molar-refractivity contribution in [3.8, 4) is 6.07 Å². The number of carbonyl (C=O) groups is 1. The summed E-state index contributed by atoms with van der Waals surface area (Å²) in [5.41, 5.74) is 12.4. The molecule has 0 aliphatic rings. The Hall–Kier alpha value is -1.64. The van der Waals surface area contributed by atoms with Gasteiger partial charge in [-0.3, -0.25) is 4.79 Å². The van der Waals surface area contributed by atoms with E-state index in [1.807, 2.05) is 6.07 Å². The van der Waals surface area contributed by atoms with Crippen molar-refractivity contribution in [3.63, 3.8) is 0 Å². The van der Waals surface area contributed by atoms with Crippen LogP contribution in [0.3, 0.4) is 0 Å². The van der Waals surface area contributed by atoms with Gasteiger partial charge in [0.2, 0.25) is 0 Å². The van der Waals surface area contributed by atoms with E-state index in [2.05, 4.69) is 0 Å². The van der Waals surface area contributed by atoms with Gasteiger partial charge in [-0.15, -0.1) is 23.2 Å². The fourth-order valence-corrected chi connectivity index (χ4v) is 1.89. The van der Waals surface area contributed by atoms with Crippen LogP contribution in [0.2, 0.25) is 10.0 Å². The summed E-state index contributed by atoms with van der Waals surface area (Å²) in [6.07, 6.45) is 0. The van der Waals surface area contributed by atoms with Crippen molar-refractivity contribution in [3.05, 3.63) is 58.1 Å². The smallest absolute Gasteiger partial charge is 0.179 e. The number of Topliss-reactive ketones (excluding diaryl/α,β-unsaturated/α-hetero) is 1. The third-order valence-electron chi connectivity index (χ3n) is 2.34. The summed E-state index contributed by atoms with van der Waals surface area (Å²) in [4.78, 5) is 11.1. The van der Waals surface area contributed by atoms with Crippen molar-refractivity contribution in [1.82, 2.24) is 0 Å². The van der Waals surface area contributed by atoms with Gasteiger partial charge in [0.15, 0.2) is 5.78 Å². The minimum Gasteiger partial charge on any atom is -0.399 e. The first-order valence-electron chi connectivity index (χ1n) is 6.43. The van der Waals surface area contributed by atoms with Crippen LogP contribution in [0.5, 0.6) is 0 Å². The number of ketones is 1. The second-order valence-electron chi connectivity index (χ2n) is 4.14. The standard InChI is InChI=1S/C8H7Cl2NO.C6H6ClN.C2H2ClN/c9-4-8(12)6-2-1-5(10)3-7(6)11;7-5-2-1-3-6(8)4-5;3-1-2-4/h1-3H,4,11H2;1-4H,8H2;1H2. The summed E-state index contributed by atoms with van der Waals surface area (Å²) >= 11 is 21.4. The summed E-state index contributed by atoms with van der Waals surface area (Å²) in [6, 6.07) is 13.5. The van der Waals surface area contributed by atoms with Crippen LogP contribution in [0.25, 0.3) is 0 Å². The molecule has 0 aromatic heterocycles. The van der Waals surface area contributed by atoms with E-state index in [1.165, 1.54) is 6.07 Å². The van der Waals surface area contributed by atoms with Gasteiger partial charge in [-0.05, 0) is 36.4 Å². The number of nitrogens with zero attached hydrogens (tertiary/aromatic N) is 1. The minimum atomic E-state index is -0.189. The lowest BCUT2D eigenvalue weighted by Gasteiger charge is -2.01. The molecule has 0 unspecified atom stereocenters. The largest absolute Gasteiger partial charge is 0.399 e. The molecule has 4 N–H and O–H groups in total. The number of hydrogen-bond acceptors (Lipinski definition) is 4. The normalized spacial score (nSPS) is 8.79. The quantitative estimate of drug-likeness (QED) is 0.416. The molecule has 0 heterocycles. The molecule has 0 saturated carbocycles. The van der Waals surface area contributed by atoms with Crippen LogP contribution in [-0.4, -0.2) is 17.5 Å². The monoisotopic (exact) mass is 405 g/mol. The Bertz CT molecular complexity index is 685. The highest BCUT2D eigenvalue weighted by atomic mass is 35.5. The van der Waals surface area contributed by atoms with Crippen molar-refractivity contribution >= 4 is 63.6 Å².